The molecule has 0 unspecified atom stereocenters. The summed E-state index contributed by atoms with van der Waals surface area (Å²) in [5, 5.41) is 16.1. The molecule has 0 aliphatic heterocycles. The van der Waals surface area contributed by atoms with E-state index < -0.39 is 0 Å². The smallest absolute Gasteiger partial charge is 0.190 e. The van der Waals surface area contributed by atoms with Crippen LogP contribution in [0.15, 0.2) is 28.4 Å². The number of pyridine rings is 1. The highest BCUT2D eigenvalue weighted by Gasteiger charge is 2.12. The van der Waals surface area contributed by atoms with Crippen LogP contribution < -0.4 is 10.7 Å². The van der Waals surface area contributed by atoms with Crippen LogP contribution in [-0.4, -0.2) is 21.1 Å². The molecule has 3 N–H and O–H groups in total. The predicted molar refractivity (Wildman–Crippen MR) is 95.4 cm³/mol. The Labute approximate surface area is 142 Å². The maximum absolute atomic E-state index is 12.3. The average Bonchev–Trinajstić information content (AvgIpc) is 2.96. The fraction of sp³-hybridized carbons (Fsp3) is 0.250. The number of nitrogens with zero attached hydrogens (tertiary/aromatic N) is 1. The first kappa shape index (κ1) is 16.0. The number of aliphatic hydroxyl groups excluding tert-OH is 1. The van der Waals surface area contributed by atoms with Crippen molar-refractivity contribution >= 4 is 39.0 Å². The van der Waals surface area contributed by atoms with E-state index in [4.69, 9.17) is 11.6 Å². The Morgan fingerprint density at radius 3 is 2.91 bits per heavy atom. The molecule has 0 saturated carbocycles. The molecule has 0 spiro atoms. The van der Waals surface area contributed by atoms with Crippen LogP contribution in [0.2, 0.25) is 5.02 Å². The van der Waals surface area contributed by atoms with Crippen molar-refractivity contribution < 1.29 is 5.11 Å². The first-order chi connectivity index (χ1) is 11.0. The van der Waals surface area contributed by atoms with Gasteiger partial charge in [-0.3, -0.25) is 4.79 Å². The summed E-state index contributed by atoms with van der Waals surface area (Å²) in [5.41, 5.74) is 2.25. The van der Waals surface area contributed by atoms with Crippen molar-refractivity contribution in [1.29, 1.82) is 0 Å². The van der Waals surface area contributed by atoms with Gasteiger partial charge in [-0.25, -0.2) is 4.98 Å². The van der Waals surface area contributed by atoms with Gasteiger partial charge in [-0.2, -0.15) is 0 Å². The molecule has 0 bridgehead atoms. The van der Waals surface area contributed by atoms with Gasteiger partial charge in [-0.1, -0.05) is 17.7 Å². The van der Waals surface area contributed by atoms with Crippen LogP contribution in [0.5, 0.6) is 0 Å². The van der Waals surface area contributed by atoms with E-state index in [0.29, 0.717) is 32.9 Å². The van der Waals surface area contributed by atoms with Gasteiger partial charge in [0.15, 0.2) is 10.6 Å². The number of thiazole rings is 1. The Bertz CT molecular complexity index is 917. The lowest BCUT2D eigenvalue weighted by atomic mass is 10.1. The Hall–Kier alpha value is -1.89. The third-order valence-corrected chi connectivity index (χ3v) is 4.59. The van der Waals surface area contributed by atoms with E-state index in [9.17, 15) is 9.90 Å². The van der Waals surface area contributed by atoms with Crippen LogP contribution in [0.4, 0.5) is 5.13 Å². The number of halogens is 1. The Balaban J connectivity index is 2.13. The maximum atomic E-state index is 12.3. The molecule has 0 aliphatic rings. The van der Waals surface area contributed by atoms with Crippen LogP contribution >= 0.6 is 22.9 Å². The van der Waals surface area contributed by atoms with E-state index in [1.807, 2.05) is 19.2 Å². The second-order valence-corrected chi connectivity index (χ2v) is 6.74. The third kappa shape index (κ3) is 3.10. The van der Waals surface area contributed by atoms with Gasteiger partial charge < -0.3 is 15.4 Å². The monoisotopic (exact) mass is 349 g/mol. The molecule has 5 nitrogen and oxygen atoms in total. The highest BCUT2D eigenvalue weighted by atomic mass is 35.5. The number of hydrogen-bond donors (Lipinski definition) is 3. The molecule has 0 radical (unpaired) electrons. The quantitative estimate of drug-likeness (QED) is 0.672. The summed E-state index contributed by atoms with van der Waals surface area (Å²) in [6.45, 7) is 3.89. The number of aromatic amines is 1. The lowest BCUT2D eigenvalue weighted by Gasteiger charge is -2.07. The van der Waals surface area contributed by atoms with Crippen LogP contribution in [0.1, 0.15) is 19.4 Å². The van der Waals surface area contributed by atoms with Crippen molar-refractivity contribution in [2.75, 3.05) is 5.32 Å². The molecule has 23 heavy (non-hydrogen) atoms. The zero-order valence-electron chi connectivity index (χ0n) is 12.7. The van der Waals surface area contributed by atoms with E-state index in [-0.39, 0.29) is 18.1 Å². The van der Waals surface area contributed by atoms with Crippen LogP contribution in [0.3, 0.4) is 0 Å². The van der Waals surface area contributed by atoms with Crippen LogP contribution in [0, 0.1) is 0 Å². The van der Waals surface area contributed by atoms with Gasteiger partial charge in [0.25, 0.3) is 0 Å². The second-order valence-electron chi connectivity index (χ2n) is 5.50. The van der Waals surface area contributed by atoms with Crippen LogP contribution in [-0.2, 0) is 6.61 Å². The van der Waals surface area contributed by atoms with E-state index in [0.717, 1.165) is 5.13 Å². The Kier molecular flexibility index (Phi) is 4.39. The number of rotatable bonds is 4. The minimum atomic E-state index is -0.180. The van der Waals surface area contributed by atoms with Crippen molar-refractivity contribution in [3.63, 3.8) is 0 Å². The highest BCUT2D eigenvalue weighted by Crippen LogP contribution is 2.28. The molecule has 0 fully saturated rings. The summed E-state index contributed by atoms with van der Waals surface area (Å²) in [6.07, 6.45) is 0. The molecule has 0 saturated heterocycles. The van der Waals surface area contributed by atoms with Gasteiger partial charge in [0.05, 0.1) is 28.5 Å². The SMILES string of the molecule is CC(C)Nc1nc(-c2cc(=O)c3ccc(CO)c(Cl)c3[nH]2)cs1. The predicted octanol–water partition coefficient (Wildman–Crippen LogP) is 3.62. The molecule has 7 heteroatoms. The molecular formula is C16H16ClN3O2S. The first-order valence-electron chi connectivity index (χ1n) is 7.17. The van der Waals surface area contributed by atoms with Crippen molar-refractivity contribution in [2.24, 2.45) is 0 Å². The number of hydrogen-bond acceptors (Lipinski definition) is 5. The fourth-order valence-corrected chi connectivity index (χ4v) is 3.43. The molecule has 120 valence electrons. The topological polar surface area (TPSA) is 78.0 Å². The number of H-pyrrole nitrogens is 1. The minimum absolute atomic E-state index is 0.133. The lowest BCUT2D eigenvalue weighted by Crippen LogP contribution is -2.09. The van der Waals surface area contributed by atoms with Crippen LogP contribution in [0.25, 0.3) is 22.3 Å². The zero-order chi connectivity index (χ0) is 16.6. The average molecular weight is 350 g/mol. The largest absolute Gasteiger partial charge is 0.392 e. The second kappa shape index (κ2) is 6.31. The molecule has 3 rings (SSSR count). The summed E-state index contributed by atoms with van der Waals surface area (Å²) in [6, 6.07) is 5.13. The third-order valence-electron chi connectivity index (χ3n) is 3.39. The van der Waals surface area contributed by atoms with E-state index in [2.05, 4.69) is 15.3 Å². The lowest BCUT2D eigenvalue weighted by molar-refractivity contribution is 0.282. The van der Waals surface area contributed by atoms with Gasteiger partial charge in [0, 0.05) is 22.9 Å². The summed E-state index contributed by atoms with van der Waals surface area (Å²) >= 11 is 7.77. The normalized spacial score (nSPS) is 11.3. The van der Waals surface area contributed by atoms with Crippen molar-refractivity contribution in [3.8, 4) is 11.4 Å². The van der Waals surface area contributed by atoms with E-state index in [1.54, 1.807) is 12.1 Å². The molecule has 2 aromatic heterocycles. The number of aromatic nitrogens is 2. The van der Waals surface area contributed by atoms with Gasteiger partial charge >= 0.3 is 0 Å². The minimum Gasteiger partial charge on any atom is -0.392 e. The molecule has 0 atom stereocenters. The Morgan fingerprint density at radius 2 is 2.22 bits per heavy atom. The Morgan fingerprint density at radius 1 is 1.43 bits per heavy atom. The summed E-state index contributed by atoms with van der Waals surface area (Å²) in [4.78, 5) is 20.0. The van der Waals surface area contributed by atoms with Gasteiger partial charge in [0.1, 0.15) is 0 Å². The fourth-order valence-electron chi connectivity index (χ4n) is 2.30. The molecule has 0 aliphatic carbocycles. The number of fused-ring (bicyclic) bond motifs is 1. The summed E-state index contributed by atoms with van der Waals surface area (Å²) in [5.74, 6) is 0. The van der Waals surface area contributed by atoms with E-state index in [1.165, 1.54) is 17.4 Å². The standard InChI is InChI=1S/C16H16ClN3O2S/c1-8(2)18-16-20-12(7-23-16)11-5-13(22)10-4-3-9(6-21)14(17)15(10)19-11/h3-5,7-8,21H,6H2,1-2H3,(H,18,20)(H,19,22). The molecule has 2 heterocycles. The summed E-state index contributed by atoms with van der Waals surface area (Å²) < 4.78 is 0. The van der Waals surface area contributed by atoms with Crippen molar-refractivity contribution in [3.05, 3.63) is 44.4 Å². The number of aliphatic hydroxyl groups is 1. The number of nitrogens with one attached hydrogen (secondary N) is 2. The number of anilines is 1. The van der Waals surface area contributed by atoms with E-state index >= 15 is 0 Å². The summed E-state index contributed by atoms with van der Waals surface area (Å²) in [7, 11) is 0. The molecule has 0 amide bonds. The van der Waals surface area contributed by atoms with Gasteiger partial charge in [-0.15, -0.1) is 11.3 Å². The van der Waals surface area contributed by atoms with Gasteiger partial charge in [-0.05, 0) is 25.5 Å². The maximum Gasteiger partial charge on any atom is 0.190 e. The molecule has 3 aromatic rings. The highest BCUT2D eigenvalue weighted by molar-refractivity contribution is 7.14. The zero-order valence-corrected chi connectivity index (χ0v) is 14.3. The molecular weight excluding hydrogens is 334 g/mol. The van der Waals surface area contributed by atoms with Gasteiger partial charge in [0.2, 0.25) is 0 Å². The first-order valence-corrected chi connectivity index (χ1v) is 8.43. The van der Waals surface area contributed by atoms with Crippen molar-refractivity contribution in [2.45, 2.75) is 26.5 Å². The molecule has 1 aromatic carbocycles. The van der Waals surface area contributed by atoms with Crippen molar-refractivity contribution in [1.82, 2.24) is 9.97 Å². The number of benzene rings is 1.